The molecule has 3 unspecified atom stereocenters. The molecule has 0 amide bonds. The fourth-order valence-electron chi connectivity index (χ4n) is 5.25. The van der Waals surface area contributed by atoms with Crippen molar-refractivity contribution in [1.29, 1.82) is 0 Å². The Bertz CT molecular complexity index is 905. The van der Waals surface area contributed by atoms with E-state index in [2.05, 4.69) is 15.6 Å². The minimum atomic E-state index is -3.21. The van der Waals surface area contributed by atoms with Gasteiger partial charge in [-0.15, -0.1) is 24.0 Å². The highest BCUT2D eigenvalue weighted by Crippen LogP contribution is 2.62. The third kappa shape index (κ3) is 4.62. The molecule has 2 N–H and O–H groups in total. The maximum atomic E-state index is 13.8. The summed E-state index contributed by atoms with van der Waals surface area (Å²) in [6.07, 6.45) is 6.26. The molecule has 30 heavy (non-hydrogen) atoms. The number of guanidine groups is 1. The van der Waals surface area contributed by atoms with Gasteiger partial charge in [0.1, 0.15) is 5.82 Å². The molecule has 3 atom stereocenters. The lowest BCUT2D eigenvalue weighted by Gasteiger charge is -2.63. The van der Waals surface area contributed by atoms with E-state index in [4.69, 9.17) is 4.74 Å². The number of hydrogen-bond donors (Lipinski definition) is 2. The number of fused-ring (bicyclic) bond motifs is 2. The largest absolute Gasteiger partial charge is 0.377 e. The van der Waals surface area contributed by atoms with Gasteiger partial charge in [-0.2, -0.15) is 0 Å². The summed E-state index contributed by atoms with van der Waals surface area (Å²) in [6.45, 7) is 3.79. The minimum absolute atomic E-state index is 0. The Hall–Kier alpha value is -0.940. The minimum Gasteiger partial charge on any atom is -0.377 e. The summed E-state index contributed by atoms with van der Waals surface area (Å²) in [4.78, 5) is 4.67. The van der Waals surface area contributed by atoms with E-state index in [0.717, 1.165) is 19.6 Å². The molecule has 1 aromatic carbocycles. The second-order valence-corrected chi connectivity index (χ2v) is 10.8. The number of aliphatic imine (C=N–C) groups is 1. The lowest BCUT2D eigenvalue weighted by atomic mass is 9.46. The fourth-order valence-corrected chi connectivity index (χ4v) is 6.10. The number of benzene rings is 1. The Labute approximate surface area is 195 Å². The Balaban J connectivity index is 0.00000256. The van der Waals surface area contributed by atoms with Crippen molar-refractivity contribution < 1.29 is 17.5 Å². The van der Waals surface area contributed by atoms with Crippen molar-refractivity contribution in [2.75, 3.05) is 19.4 Å². The first-order valence-corrected chi connectivity index (χ1v) is 12.5. The molecule has 2 saturated carbocycles. The number of rotatable bonds is 6. The fraction of sp³-hybridized carbons (Fsp3) is 0.667. The maximum absolute atomic E-state index is 13.8. The summed E-state index contributed by atoms with van der Waals surface area (Å²) in [6, 6.07) is 4.57. The van der Waals surface area contributed by atoms with Gasteiger partial charge < -0.3 is 15.4 Å². The second kappa shape index (κ2) is 9.28. The summed E-state index contributed by atoms with van der Waals surface area (Å²) in [7, 11) is -3.21. The summed E-state index contributed by atoms with van der Waals surface area (Å²) < 4.78 is 43.2. The van der Waals surface area contributed by atoms with E-state index < -0.39 is 9.84 Å². The number of halogens is 2. The average Bonchev–Trinajstić information content (AvgIpc) is 3.02. The van der Waals surface area contributed by atoms with Crippen LogP contribution in [0.5, 0.6) is 0 Å². The molecule has 9 heteroatoms. The van der Waals surface area contributed by atoms with E-state index in [-0.39, 0.29) is 47.5 Å². The highest BCUT2D eigenvalue weighted by atomic mass is 127. The zero-order valence-corrected chi connectivity index (χ0v) is 20.6. The molecule has 4 rings (SSSR count). The van der Waals surface area contributed by atoms with Gasteiger partial charge in [0, 0.05) is 36.8 Å². The Morgan fingerprint density at radius 1 is 1.33 bits per heavy atom. The highest BCUT2D eigenvalue weighted by molar-refractivity contribution is 14.0. The molecule has 1 aliphatic heterocycles. The molecule has 2 aliphatic carbocycles. The van der Waals surface area contributed by atoms with Crippen molar-refractivity contribution in [2.45, 2.75) is 57.1 Å². The first-order valence-electron chi connectivity index (χ1n) is 10.4. The molecule has 1 saturated heterocycles. The summed E-state index contributed by atoms with van der Waals surface area (Å²) in [5, 5.41) is 6.90. The summed E-state index contributed by atoms with van der Waals surface area (Å²) >= 11 is 0. The number of ether oxygens (including phenoxy) is 1. The van der Waals surface area contributed by atoms with Crippen molar-refractivity contribution in [3.63, 3.8) is 0 Å². The van der Waals surface area contributed by atoms with Gasteiger partial charge in [0.15, 0.2) is 15.8 Å². The van der Waals surface area contributed by atoms with Gasteiger partial charge in [-0.25, -0.2) is 17.8 Å². The lowest BCUT2D eigenvalue weighted by Crippen LogP contribution is -2.72. The number of nitrogens with zero attached hydrogens (tertiary/aromatic N) is 1. The predicted molar refractivity (Wildman–Crippen MR) is 126 cm³/mol. The van der Waals surface area contributed by atoms with Crippen LogP contribution in [0.3, 0.4) is 0 Å². The van der Waals surface area contributed by atoms with Crippen molar-refractivity contribution in [1.82, 2.24) is 10.6 Å². The SMILES string of the molecule is CCNC(=NCc1cc(F)ccc1CS(C)(=O)=O)NC1C2CCOC2C12CCC2.I. The van der Waals surface area contributed by atoms with Crippen molar-refractivity contribution in [3.8, 4) is 0 Å². The third-order valence-corrected chi connectivity index (χ3v) is 7.50. The molecule has 3 fully saturated rings. The van der Waals surface area contributed by atoms with E-state index in [0.29, 0.717) is 35.2 Å². The van der Waals surface area contributed by atoms with Gasteiger partial charge in [-0.3, -0.25) is 0 Å². The zero-order valence-electron chi connectivity index (χ0n) is 17.5. The van der Waals surface area contributed by atoms with Crippen LogP contribution in [0.1, 0.15) is 43.7 Å². The van der Waals surface area contributed by atoms with E-state index in [1.807, 2.05) is 6.92 Å². The smallest absolute Gasteiger partial charge is 0.191 e. The van der Waals surface area contributed by atoms with Gasteiger partial charge in [-0.05, 0) is 49.4 Å². The predicted octanol–water partition coefficient (Wildman–Crippen LogP) is 3.00. The van der Waals surface area contributed by atoms with Gasteiger partial charge in [0.05, 0.1) is 18.4 Å². The van der Waals surface area contributed by atoms with E-state index >= 15 is 0 Å². The average molecular weight is 551 g/mol. The van der Waals surface area contributed by atoms with Crippen LogP contribution in [0, 0.1) is 17.2 Å². The molecule has 3 aliphatic rings. The molecule has 1 heterocycles. The quantitative estimate of drug-likeness (QED) is 0.323. The van der Waals surface area contributed by atoms with Crippen LogP contribution in [-0.4, -0.2) is 45.9 Å². The van der Waals surface area contributed by atoms with Crippen molar-refractivity contribution >= 4 is 39.8 Å². The number of nitrogens with one attached hydrogen (secondary N) is 2. The Morgan fingerprint density at radius 3 is 2.73 bits per heavy atom. The van der Waals surface area contributed by atoms with Crippen LogP contribution < -0.4 is 10.6 Å². The van der Waals surface area contributed by atoms with Crippen LogP contribution in [0.2, 0.25) is 0 Å². The van der Waals surface area contributed by atoms with E-state index in [1.54, 1.807) is 0 Å². The van der Waals surface area contributed by atoms with Crippen molar-refractivity contribution in [2.24, 2.45) is 16.3 Å². The molecular formula is C21H31FIN3O3S. The highest BCUT2D eigenvalue weighted by Gasteiger charge is 2.66. The summed E-state index contributed by atoms with van der Waals surface area (Å²) in [5.74, 6) is 0.719. The van der Waals surface area contributed by atoms with Crippen LogP contribution in [0.25, 0.3) is 0 Å². The van der Waals surface area contributed by atoms with Crippen LogP contribution in [0.15, 0.2) is 23.2 Å². The monoisotopic (exact) mass is 551 g/mol. The lowest BCUT2D eigenvalue weighted by molar-refractivity contribution is -0.171. The molecule has 168 valence electrons. The third-order valence-electron chi connectivity index (χ3n) is 6.67. The molecule has 0 aromatic heterocycles. The van der Waals surface area contributed by atoms with Crippen molar-refractivity contribution in [3.05, 3.63) is 35.1 Å². The normalized spacial score (nSPS) is 26.9. The van der Waals surface area contributed by atoms with E-state index in [1.165, 1.54) is 43.7 Å². The molecule has 0 bridgehead atoms. The number of hydrogen-bond acceptors (Lipinski definition) is 4. The van der Waals surface area contributed by atoms with Gasteiger partial charge in [0.2, 0.25) is 0 Å². The molecule has 0 radical (unpaired) electrons. The van der Waals surface area contributed by atoms with Gasteiger partial charge in [-0.1, -0.05) is 12.5 Å². The Kier molecular flexibility index (Phi) is 7.33. The molecule has 6 nitrogen and oxygen atoms in total. The summed E-state index contributed by atoms with van der Waals surface area (Å²) in [5.41, 5.74) is 1.43. The van der Waals surface area contributed by atoms with Gasteiger partial charge in [0.25, 0.3) is 0 Å². The first kappa shape index (κ1) is 23.7. The number of sulfone groups is 1. The standard InChI is InChI=1S/C21H30FN3O3S.HI/c1-3-23-20(25-18-17-7-10-28-19(17)21(18)8-4-9-21)24-12-15-11-16(22)6-5-14(15)13-29(2,26)27;/h5-6,11,17-19H,3-4,7-10,12-13H2,1-2H3,(H2,23,24,25);1H. The van der Waals surface area contributed by atoms with Crippen LogP contribution in [0.4, 0.5) is 4.39 Å². The zero-order chi connectivity index (χ0) is 20.6. The maximum Gasteiger partial charge on any atom is 0.191 e. The van der Waals surface area contributed by atoms with E-state index in [9.17, 15) is 12.8 Å². The molecule has 1 spiro atoms. The first-order chi connectivity index (χ1) is 13.8. The second-order valence-electron chi connectivity index (χ2n) is 8.63. The molecule has 1 aromatic rings. The van der Waals surface area contributed by atoms with Crippen LogP contribution >= 0.6 is 24.0 Å². The molecular weight excluding hydrogens is 520 g/mol. The Morgan fingerprint density at radius 2 is 2.10 bits per heavy atom. The van der Waals surface area contributed by atoms with Gasteiger partial charge >= 0.3 is 0 Å². The topological polar surface area (TPSA) is 79.8 Å². The van der Waals surface area contributed by atoms with Crippen LogP contribution in [-0.2, 0) is 26.9 Å².